The minimum atomic E-state index is -5.00. The number of ether oxygens (including phenoxy) is 4. The zero-order chi connectivity index (χ0) is 71.8. The van der Waals surface area contributed by atoms with E-state index in [-0.39, 0.29) is 25.7 Å². The molecule has 0 rings (SSSR count). The molecule has 0 heterocycles. The number of phosphoric ester groups is 2. The number of unbranched alkanes of at least 4 members (excludes halogenated alkanes) is 19. The number of hydrogen-bond donors (Lipinski definition) is 3. The molecule has 98 heavy (non-hydrogen) atoms. The van der Waals surface area contributed by atoms with Crippen LogP contribution in [-0.2, 0) is 65.4 Å². The fraction of sp³-hybridized carbons (Fsp3) is 0.646. The number of aliphatic hydroxyl groups is 1. The van der Waals surface area contributed by atoms with Gasteiger partial charge in [-0.05, 0) is 141 Å². The first-order valence-electron chi connectivity index (χ1n) is 37.1. The first-order valence-corrected chi connectivity index (χ1v) is 40.1. The van der Waals surface area contributed by atoms with Gasteiger partial charge in [0.25, 0.3) is 0 Å². The van der Waals surface area contributed by atoms with Crippen LogP contribution in [0.1, 0.15) is 272 Å². The Labute approximate surface area is 592 Å². The molecule has 0 aromatic carbocycles. The zero-order valence-electron chi connectivity index (χ0n) is 60.7. The largest absolute Gasteiger partial charge is 0.472 e. The lowest BCUT2D eigenvalue weighted by Gasteiger charge is -2.21. The van der Waals surface area contributed by atoms with E-state index in [0.717, 1.165) is 167 Å². The Kier molecular flexibility index (Phi) is 66.7. The molecule has 0 radical (unpaired) electrons. The molecular weight excluding hydrogens is 1280 g/mol. The van der Waals surface area contributed by atoms with Crippen molar-refractivity contribution >= 4 is 39.5 Å². The fourth-order valence-corrected chi connectivity index (χ4v) is 10.8. The predicted molar refractivity (Wildman–Crippen MR) is 399 cm³/mol. The lowest BCUT2D eigenvalue weighted by atomic mass is 10.1. The van der Waals surface area contributed by atoms with Gasteiger partial charge in [0.15, 0.2) is 12.2 Å². The van der Waals surface area contributed by atoms with Gasteiger partial charge >= 0.3 is 39.5 Å². The van der Waals surface area contributed by atoms with Crippen LogP contribution in [0.3, 0.4) is 0 Å². The highest BCUT2D eigenvalue weighted by Gasteiger charge is 2.30. The number of hydrogen-bond acceptors (Lipinski definition) is 15. The number of phosphoric acid groups is 2. The summed E-state index contributed by atoms with van der Waals surface area (Å²) >= 11 is 0. The topological polar surface area (TPSA) is 237 Å². The quantitative estimate of drug-likeness (QED) is 0.0169. The summed E-state index contributed by atoms with van der Waals surface area (Å²) in [5, 5.41) is 10.6. The number of carbonyl (C=O) groups is 4. The summed E-state index contributed by atoms with van der Waals surface area (Å²) in [5.74, 6) is -2.38. The van der Waals surface area contributed by atoms with E-state index in [1.807, 2.05) is 18.2 Å². The first kappa shape index (κ1) is 92.9. The normalized spacial score (nSPS) is 14.8. The van der Waals surface area contributed by atoms with Crippen molar-refractivity contribution in [3.8, 4) is 0 Å². The number of allylic oxidation sites excluding steroid dienone is 23. The molecule has 5 unspecified atom stereocenters. The van der Waals surface area contributed by atoms with E-state index in [9.17, 15) is 43.2 Å². The summed E-state index contributed by atoms with van der Waals surface area (Å²) in [7, 11) is -9.99. The van der Waals surface area contributed by atoms with Crippen LogP contribution in [0.4, 0.5) is 0 Å². The monoisotopic (exact) mass is 1410 g/mol. The Morgan fingerprint density at radius 3 is 0.959 bits per heavy atom. The molecule has 5 atom stereocenters. The SMILES string of the molecule is CC/C=C\C/C=C\C/C=C\C/C=C\C/C=C\CC(=O)OCC(COP(=O)(O)OCC(O)COP(=O)(O)OCC(COC(=O)CCCCCC/C=C\C/C=C\C/C=C\C/C=C\CC)OC(=O)CCCCCCC/C=C\CCCCCC)OC(=O)CCCCCCC/C=C\C/C=C\CCC. The van der Waals surface area contributed by atoms with Crippen molar-refractivity contribution in [2.45, 2.75) is 290 Å². The molecule has 0 aliphatic heterocycles. The molecule has 0 spiro atoms. The highest BCUT2D eigenvalue weighted by atomic mass is 31.2. The Morgan fingerprint density at radius 1 is 0.306 bits per heavy atom. The highest BCUT2D eigenvalue weighted by molar-refractivity contribution is 7.47. The van der Waals surface area contributed by atoms with Crippen LogP contribution in [-0.4, -0.2) is 96.7 Å². The van der Waals surface area contributed by atoms with E-state index < -0.39 is 97.5 Å². The molecule has 0 saturated carbocycles. The van der Waals surface area contributed by atoms with Gasteiger partial charge in [0, 0.05) is 19.3 Å². The number of carbonyl (C=O) groups excluding carboxylic acids is 4. The molecule has 19 heteroatoms. The molecule has 0 aromatic heterocycles. The van der Waals surface area contributed by atoms with E-state index in [1.54, 1.807) is 6.08 Å². The molecule has 17 nitrogen and oxygen atoms in total. The van der Waals surface area contributed by atoms with Crippen molar-refractivity contribution in [1.29, 1.82) is 0 Å². The van der Waals surface area contributed by atoms with Crippen molar-refractivity contribution in [2.24, 2.45) is 0 Å². The maximum Gasteiger partial charge on any atom is 0.472 e. The highest BCUT2D eigenvalue weighted by Crippen LogP contribution is 2.45. The number of esters is 4. The van der Waals surface area contributed by atoms with Crippen LogP contribution in [0.5, 0.6) is 0 Å². The Balaban J connectivity index is 5.45. The molecular formula is C79H130O17P2. The molecule has 0 saturated heterocycles. The van der Waals surface area contributed by atoms with Gasteiger partial charge in [0.1, 0.15) is 19.3 Å². The lowest BCUT2D eigenvalue weighted by molar-refractivity contribution is -0.161. The smallest absolute Gasteiger partial charge is 0.462 e. The maximum absolute atomic E-state index is 13.1. The van der Waals surface area contributed by atoms with Crippen molar-refractivity contribution in [3.05, 3.63) is 146 Å². The van der Waals surface area contributed by atoms with Gasteiger partial charge in [-0.2, -0.15) is 0 Å². The molecule has 0 bridgehead atoms. The third-order valence-corrected chi connectivity index (χ3v) is 16.7. The van der Waals surface area contributed by atoms with E-state index in [2.05, 4.69) is 149 Å². The van der Waals surface area contributed by atoms with Gasteiger partial charge in [0.05, 0.1) is 32.8 Å². The van der Waals surface area contributed by atoms with Crippen LogP contribution in [0.25, 0.3) is 0 Å². The molecule has 0 aliphatic rings. The second-order valence-electron chi connectivity index (χ2n) is 24.1. The minimum Gasteiger partial charge on any atom is -0.462 e. The van der Waals surface area contributed by atoms with Crippen molar-refractivity contribution in [3.63, 3.8) is 0 Å². The first-order chi connectivity index (χ1) is 47.7. The van der Waals surface area contributed by atoms with E-state index in [4.69, 9.17) is 37.0 Å². The second kappa shape index (κ2) is 70.4. The van der Waals surface area contributed by atoms with E-state index >= 15 is 0 Å². The van der Waals surface area contributed by atoms with Gasteiger partial charge in [-0.3, -0.25) is 37.3 Å². The van der Waals surface area contributed by atoms with Crippen LogP contribution in [0.2, 0.25) is 0 Å². The standard InChI is InChI=1S/C79H130O17P2/c1-5-9-13-17-21-25-29-33-35-36-38-42-44-48-52-56-60-64-77(82)90-70-75(96-79(84)66-62-58-54-50-46-40-32-28-24-20-16-12-8-4)72-94-98(87,88)92-68-73(80)67-91-97(85,86)93-71-74(95-78(83)65-61-57-53-49-45-39-31-27-23-19-15-11-7-3)69-89-76(81)63-59-55-51-47-43-41-37-34-30-26-22-18-14-10-6-2/h9-10,13-15,19,21-22,25-28,31-35,37-38,42-43,47,55,59,73-75,80H,5-8,11-12,16-18,20,23-24,29-30,36,39-41,44-46,48-54,56-58,60-72H2,1-4H3,(H,85,86)(H,87,88)/b13-9-,14-10-,19-15-,25-21-,26-22-,31-27-,32-28-,35-33-,37-34-,42-38-,47-43-,59-55-. The van der Waals surface area contributed by atoms with Crippen LogP contribution < -0.4 is 0 Å². The molecule has 0 fully saturated rings. The van der Waals surface area contributed by atoms with E-state index in [1.165, 1.54) is 25.7 Å². The summed E-state index contributed by atoms with van der Waals surface area (Å²) in [4.78, 5) is 72.7. The van der Waals surface area contributed by atoms with Gasteiger partial charge in [-0.25, -0.2) is 9.13 Å². The molecule has 0 amide bonds. The average Bonchev–Trinajstić information content (AvgIpc) is 0.971. The summed E-state index contributed by atoms with van der Waals surface area (Å²) in [6.45, 7) is 4.37. The summed E-state index contributed by atoms with van der Waals surface area (Å²) in [6, 6.07) is 0. The predicted octanol–water partition coefficient (Wildman–Crippen LogP) is 21.1. The van der Waals surface area contributed by atoms with Gasteiger partial charge in [-0.1, -0.05) is 251 Å². The molecule has 0 aliphatic carbocycles. The van der Waals surface area contributed by atoms with Crippen molar-refractivity contribution in [1.82, 2.24) is 0 Å². The third kappa shape index (κ3) is 69.4. The van der Waals surface area contributed by atoms with Crippen LogP contribution in [0.15, 0.2) is 146 Å². The van der Waals surface area contributed by atoms with Crippen molar-refractivity contribution < 1.29 is 80.2 Å². The zero-order valence-corrected chi connectivity index (χ0v) is 62.4. The molecule has 558 valence electrons. The maximum atomic E-state index is 13.1. The molecule has 3 N–H and O–H groups in total. The molecule has 0 aromatic rings. The fourth-order valence-electron chi connectivity index (χ4n) is 9.20. The van der Waals surface area contributed by atoms with Gasteiger partial charge in [0.2, 0.25) is 0 Å². The minimum absolute atomic E-state index is 0.0546. The Hall–Kier alpha value is -5.06. The second-order valence-corrected chi connectivity index (χ2v) is 27.0. The Bertz CT molecular complexity index is 2430. The number of aliphatic hydroxyl groups excluding tert-OH is 1. The third-order valence-electron chi connectivity index (χ3n) is 14.8. The lowest BCUT2D eigenvalue weighted by Crippen LogP contribution is -2.30. The van der Waals surface area contributed by atoms with E-state index in [0.29, 0.717) is 25.7 Å². The summed E-state index contributed by atoms with van der Waals surface area (Å²) in [5.41, 5.74) is 0. The van der Waals surface area contributed by atoms with Crippen LogP contribution in [0, 0.1) is 0 Å². The van der Waals surface area contributed by atoms with Crippen molar-refractivity contribution in [2.75, 3.05) is 39.6 Å². The van der Waals surface area contributed by atoms with Crippen LogP contribution >= 0.6 is 15.6 Å². The Morgan fingerprint density at radius 2 is 0.592 bits per heavy atom. The summed E-state index contributed by atoms with van der Waals surface area (Å²) < 4.78 is 68.2. The summed E-state index contributed by atoms with van der Waals surface area (Å²) in [6.07, 6.45) is 78.8. The number of rotatable bonds is 68. The van der Waals surface area contributed by atoms with Gasteiger partial charge in [-0.15, -0.1) is 0 Å². The van der Waals surface area contributed by atoms with Gasteiger partial charge < -0.3 is 33.8 Å². The average molecular weight is 1410 g/mol.